The van der Waals surface area contributed by atoms with Crippen LogP contribution in [0.25, 0.3) is 0 Å². The second-order valence-corrected chi connectivity index (χ2v) is 7.10. The van der Waals surface area contributed by atoms with Crippen molar-refractivity contribution in [1.29, 1.82) is 0 Å². The highest BCUT2D eigenvalue weighted by molar-refractivity contribution is 5.79. The second kappa shape index (κ2) is 11.4. The van der Waals surface area contributed by atoms with Gasteiger partial charge in [-0.05, 0) is 55.9 Å². The molecule has 0 bridgehead atoms. The van der Waals surface area contributed by atoms with Crippen LogP contribution >= 0.6 is 0 Å². The minimum atomic E-state index is -4.31. The van der Waals surface area contributed by atoms with Gasteiger partial charge < -0.3 is 20.3 Å². The van der Waals surface area contributed by atoms with Crippen molar-refractivity contribution in [2.24, 2.45) is 4.99 Å². The van der Waals surface area contributed by atoms with Gasteiger partial charge in [-0.15, -0.1) is 0 Å². The first-order valence-corrected chi connectivity index (χ1v) is 9.75. The molecule has 0 aliphatic carbocycles. The first-order chi connectivity index (χ1) is 14.3. The minimum absolute atomic E-state index is 0.554. The predicted molar refractivity (Wildman–Crippen MR) is 114 cm³/mol. The SMILES string of the molecule is CN=C(NCCc1ccc(C(F)(F)F)cc1)NCc1cccc(OCCN(C)C)c1. The molecule has 0 aliphatic heterocycles. The van der Waals surface area contributed by atoms with Crippen LogP contribution in [0, 0.1) is 0 Å². The lowest BCUT2D eigenvalue weighted by Gasteiger charge is -2.14. The van der Waals surface area contributed by atoms with E-state index in [9.17, 15) is 13.2 Å². The zero-order valence-electron chi connectivity index (χ0n) is 17.6. The molecule has 2 rings (SSSR count). The first kappa shape index (κ1) is 23.5. The minimum Gasteiger partial charge on any atom is -0.492 e. The zero-order chi connectivity index (χ0) is 22.0. The molecule has 0 unspecified atom stereocenters. The van der Waals surface area contributed by atoms with Crippen LogP contribution in [0.1, 0.15) is 16.7 Å². The molecule has 0 aromatic heterocycles. The Hall–Kier alpha value is -2.74. The maximum absolute atomic E-state index is 12.6. The molecular weight excluding hydrogens is 393 g/mol. The lowest BCUT2D eigenvalue weighted by atomic mass is 10.1. The van der Waals surface area contributed by atoms with E-state index < -0.39 is 11.7 Å². The molecule has 164 valence electrons. The molecule has 2 aromatic rings. The predicted octanol–water partition coefficient (Wildman–Crippen LogP) is 3.55. The summed E-state index contributed by atoms with van der Waals surface area (Å²) in [6.45, 7) is 2.60. The maximum atomic E-state index is 12.6. The van der Waals surface area contributed by atoms with Gasteiger partial charge in [0.15, 0.2) is 5.96 Å². The Balaban J connectivity index is 1.77. The van der Waals surface area contributed by atoms with Gasteiger partial charge in [0, 0.05) is 26.7 Å². The number of benzene rings is 2. The highest BCUT2D eigenvalue weighted by Gasteiger charge is 2.29. The summed E-state index contributed by atoms with van der Waals surface area (Å²) in [4.78, 5) is 6.24. The van der Waals surface area contributed by atoms with Gasteiger partial charge in [0.2, 0.25) is 0 Å². The Morgan fingerprint density at radius 2 is 1.77 bits per heavy atom. The highest BCUT2D eigenvalue weighted by Crippen LogP contribution is 2.29. The van der Waals surface area contributed by atoms with Crippen LogP contribution in [0.4, 0.5) is 13.2 Å². The van der Waals surface area contributed by atoms with E-state index in [0.717, 1.165) is 35.6 Å². The van der Waals surface area contributed by atoms with Crippen LogP contribution in [-0.4, -0.2) is 51.7 Å². The Morgan fingerprint density at radius 1 is 1.03 bits per heavy atom. The second-order valence-electron chi connectivity index (χ2n) is 7.10. The smallest absolute Gasteiger partial charge is 0.416 e. The number of nitrogens with one attached hydrogen (secondary N) is 2. The summed E-state index contributed by atoms with van der Waals surface area (Å²) in [5.41, 5.74) is 1.25. The molecule has 0 heterocycles. The monoisotopic (exact) mass is 422 g/mol. The fourth-order valence-corrected chi connectivity index (χ4v) is 2.68. The molecule has 0 aliphatic rings. The average molecular weight is 422 g/mol. The summed E-state index contributed by atoms with van der Waals surface area (Å²) in [5, 5.41) is 6.40. The van der Waals surface area contributed by atoms with Gasteiger partial charge in [-0.1, -0.05) is 24.3 Å². The Bertz CT molecular complexity index is 805. The fraction of sp³-hybridized carbons (Fsp3) is 0.409. The van der Waals surface area contributed by atoms with Gasteiger partial charge in [-0.3, -0.25) is 4.99 Å². The molecular formula is C22H29F3N4O. The zero-order valence-corrected chi connectivity index (χ0v) is 17.6. The van der Waals surface area contributed by atoms with Gasteiger partial charge in [0.05, 0.1) is 5.56 Å². The van der Waals surface area contributed by atoms with Crippen molar-refractivity contribution in [1.82, 2.24) is 15.5 Å². The Morgan fingerprint density at radius 3 is 2.40 bits per heavy atom. The molecule has 30 heavy (non-hydrogen) atoms. The number of guanidine groups is 1. The van der Waals surface area contributed by atoms with Gasteiger partial charge in [-0.2, -0.15) is 13.2 Å². The lowest BCUT2D eigenvalue weighted by Crippen LogP contribution is -2.37. The number of alkyl halides is 3. The van der Waals surface area contributed by atoms with Crippen molar-refractivity contribution in [2.45, 2.75) is 19.1 Å². The van der Waals surface area contributed by atoms with E-state index in [2.05, 4.69) is 20.5 Å². The highest BCUT2D eigenvalue weighted by atomic mass is 19.4. The van der Waals surface area contributed by atoms with E-state index in [0.29, 0.717) is 32.1 Å². The molecule has 0 radical (unpaired) electrons. The molecule has 2 aromatic carbocycles. The number of rotatable bonds is 9. The van der Waals surface area contributed by atoms with Crippen LogP contribution in [0.5, 0.6) is 5.75 Å². The van der Waals surface area contributed by atoms with Crippen molar-refractivity contribution in [2.75, 3.05) is 40.8 Å². The fourth-order valence-electron chi connectivity index (χ4n) is 2.68. The lowest BCUT2D eigenvalue weighted by molar-refractivity contribution is -0.137. The van der Waals surface area contributed by atoms with Crippen LogP contribution in [0.3, 0.4) is 0 Å². The molecule has 0 fully saturated rings. The van der Waals surface area contributed by atoms with Crippen molar-refractivity contribution in [3.63, 3.8) is 0 Å². The van der Waals surface area contributed by atoms with Crippen LogP contribution in [-0.2, 0) is 19.1 Å². The maximum Gasteiger partial charge on any atom is 0.416 e. The van der Waals surface area contributed by atoms with Gasteiger partial charge in [-0.25, -0.2) is 0 Å². The van der Waals surface area contributed by atoms with Crippen molar-refractivity contribution >= 4 is 5.96 Å². The number of ether oxygens (including phenoxy) is 1. The third-order valence-electron chi connectivity index (χ3n) is 4.38. The van der Waals surface area contributed by atoms with Crippen molar-refractivity contribution < 1.29 is 17.9 Å². The first-order valence-electron chi connectivity index (χ1n) is 9.75. The van der Waals surface area contributed by atoms with E-state index in [4.69, 9.17) is 4.74 Å². The summed E-state index contributed by atoms with van der Waals surface area (Å²) in [6.07, 6.45) is -3.72. The molecule has 0 amide bonds. The van der Waals surface area contributed by atoms with E-state index in [1.807, 2.05) is 38.4 Å². The number of aliphatic imine (C=N–C) groups is 1. The molecule has 0 saturated carbocycles. The quantitative estimate of drug-likeness (QED) is 0.479. The third kappa shape index (κ3) is 8.32. The topological polar surface area (TPSA) is 48.9 Å². The number of hydrogen-bond donors (Lipinski definition) is 2. The van der Waals surface area contributed by atoms with Crippen LogP contribution < -0.4 is 15.4 Å². The number of hydrogen-bond acceptors (Lipinski definition) is 3. The standard InChI is InChI=1S/C22H29F3N4O/c1-26-21(27-12-11-17-7-9-19(10-8-17)22(23,24)25)28-16-18-5-4-6-20(15-18)30-14-13-29(2)3/h4-10,15H,11-14,16H2,1-3H3,(H2,26,27,28). The normalized spacial score (nSPS) is 12.2. The Kier molecular flexibility index (Phi) is 8.98. The summed E-state index contributed by atoms with van der Waals surface area (Å²) in [7, 11) is 5.67. The molecule has 0 atom stereocenters. The van der Waals surface area contributed by atoms with Gasteiger partial charge in [0.25, 0.3) is 0 Å². The Labute approximate surface area is 176 Å². The largest absolute Gasteiger partial charge is 0.492 e. The van der Waals surface area contributed by atoms with E-state index in [1.54, 1.807) is 7.05 Å². The molecule has 2 N–H and O–H groups in total. The van der Waals surface area contributed by atoms with Crippen molar-refractivity contribution in [3.05, 3.63) is 65.2 Å². The molecule has 0 spiro atoms. The summed E-state index contributed by atoms with van der Waals surface area (Å²) < 4.78 is 43.6. The summed E-state index contributed by atoms with van der Waals surface area (Å²) in [5.74, 6) is 1.45. The number of halogens is 3. The number of likely N-dealkylation sites (N-methyl/N-ethyl adjacent to an activating group) is 1. The van der Waals surface area contributed by atoms with Crippen molar-refractivity contribution in [3.8, 4) is 5.75 Å². The van der Waals surface area contributed by atoms with Crippen LogP contribution in [0.2, 0.25) is 0 Å². The summed E-state index contributed by atoms with van der Waals surface area (Å²) >= 11 is 0. The third-order valence-corrected chi connectivity index (χ3v) is 4.38. The van der Waals surface area contributed by atoms with E-state index >= 15 is 0 Å². The van der Waals surface area contributed by atoms with E-state index in [1.165, 1.54) is 12.1 Å². The number of nitrogens with zero attached hydrogens (tertiary/aromatic N) is 2. The molecule has 5 nitrogen and oxygen atoms in total. The van der Waals surface area contributed by atoms with E-state index in [-0.39, 0.29) is 0 Å². The molecule has 0 saturated heterocycles. The molecule has 8 heteroatoms. The van der Waals surface area contributed by atoms with Gasteiger partial charge in [0.1, 0.15) is 12.4 Å². The van der Waals surface area contributed by atoms with Crippen LogP contribution in [0.15, 0.2) is 53.5 Å². The van der Waals surface area contributed by atoms with Gasteiger partial charge >= 0.3 is 6.18 Å². The average Bonchev–Trinajstić information content (AvgIpc) is 2.70. The summed E-state index contributed by atoms with van der Waals surface area (Å²) in [6, 6.07) is 13.1.